The van der Waals surface area contributed by atoms with E-state index in [0.29, 0.717) is 11.7 Å². The summed E-state index contributed by atoms with van der Waals surface area (Å²) < 4.78 is 30.6. The monoisotopic (exact) mass is 424 g/mol. The average Bonchev–Trinajstić information content (AvgIpc) is 2.66. The van der Waals surface area contributed by atoms with Crippen LogP contribution < -0.4 is 0 Å². The number of thioether (sulfide) groups is 2. The second-order valence-electron chi connectivity index (χ2n) is 6.53. The van der Waals surface area contributed by atoms with Crippen molar-refractivity contribution in [2.24, 2.45) is 0 Å². The molecule has 0 saturated heterocycles. The number of unbranched alkanes of at least 4 members (excludes halogenated alkanes) is 1. The van der Waals surface area contributed by atoms with Crippen molar-refractivity contribution in [3.63, 3.8) is 0 Å². The number of rotatable bonds is 13. The van der Waals surface area contributed by atoms with Gasteiger partial charge >= 0.3 is 0 Å². The van der Waals surface area contributed by atoms with Crippen molar-refractivity contribution in [2.45, 2.75) is 42.4 Å². The first-order valence-electron chi connectivity index (χ1n) is 9.25. The van der Waals surface area contributed by atoms with Gasteiger partial charge in [-0.15, -0.1) is 0 Å². The Morgan fingerprint density at radius 2 is 1.41 bits per heavy atom. The summed E-state index contributed by atoms with van der Waals surface area (Å²) in [6, 6.07) is 20.9. The lowest BCUT2D eigenvalue weighted by Crippen LogP contribution is -2.08. The molecule has 0 aliphatic rings. The molecule has 0 radical (unpaired) electrons. The standard InChI is InChI=1S/C21H28O3S3/c22-27(23,24)16-8-7-13-21(26-18-20-11-5-2-6-12-20)14-15-25-17-19-9-3-1-4-10-19/h1-6,9-12,21H,7-8,13-18H2,(H,22,23,24). The molecule has 0 amide bonds. The van der Waals surface area contributed by atoms with E-state index < -0.39 is 10.1 Å². The molecule has 0 saturated carbocycles. The number of hydrogen-bond donors (Lipinski definition) is 1. The maximum atomic E-state index is 10.9. The van der Waals surface area contributed by atoms with Gasteiger partial charge in [-0.05, 0) is 36.1 Å². The second-order valence-corrected chi connectivity index (χ2v) is 10.5. The van der Waals surface area contributed by atoms with Gasteiger partial charge in [-0.2, -0.15) is 31.9 Å². The van der Waals surface area contributed by atoms with E-state index in [-0.39, 0.29) is 5.75 Å². The third-order valence-corrected chi connectivity index (χ3v) is 7.51. The molecule has 0 fully saturated rings. The summed E-state index contributed by atoms with van der Waals surface area (Å²) in [6.07, 6.45) is 3.45. The van der Waals surface area contributed by atoms with Crippen LogP contribution in [0.3, 0.4) is 0 Å². The Kier molecular flexibility index (Phi) is 10.3. The van der Waals surface area contributed by atoms with E-state index in [2.05, 4.69) is 48.5 Å². The van der Waals surface area contributed by atoms with Crippen molar-refractivity contribution in [3.8, 4) is 0 Å². The van der Waals surface area contributed by atoms with E-state index in [1.807, 2.05) is 35.7 Å². The van der Waals surface area contributed by atoms with Gasteiger partial charge in [0.1, 0.15) is 0 Å². The van der Waals surface area contributed by atoms with Gasteiger partial charge in [0, 0.05) is 16.8 Å². The Balaban J connectivity index is 1.74. The lowest BCUT2D eigenvalue weighted by atomic mass is 10.1. The topological polar surface area (TPSA) is 54.4 Å². The Hall–Kier alpha value is -0.950. The molecule has 0 bridgehead atoms. The first-order chi connectivity index (χ1) is 13.0. The van der Waals surface area contributed by atoms with E-state index in [0.717, 1.165) is 36.5 Å². The van der Waals surface area contributed by atoms with Crippen molar-refractivity contribution in [2.75, 3.05) is 11.5 Å². The lowest BCUT2D eigenvalue weighted by Gasteiger charge is -2.16. The van der Waals surface area contributed by atoms with E-state index in [9.17, 15) is 8.42 Å². The third kappa shape index (κ3) is 10.8. The van der Waals surface area contributed by atoms with E-state index in [4.69, 9.17) is 4.55 Å². The van der Waals surface area contributed by atoms with Crippen molar-refractivity contribution in [1.82, 2.24) is 0 Å². The van der Waals surface area contributed by atoms with Gasteiger partial charge < -0.3 is 0 Å². The van der Waals surface area contributed by atoms with Crippen LogP contribution in [0.4, 0.5) is 0 Å². The van der Waals surface area contributed by atoms with Crippen LogP contribution in [-0.2, 0) is 21.6 Å². The molecule has 1 unspecified atom stereocenters. The maximum Gasteiger partial charge on any atom is 0.264 e. The summed E-state index contributed by atoms with van der Waals surface area (Å²) in [7, 11) is -3.84. The van der Waals surface area contributed by atoms with Crippen LogP contribution in [0, 0.1) is 0 Å². The zero-order chi connectivity index (χ0) is 19.4. The Bertz CT molecular complexity index is 734. The molecule has 2 aromatic carbocycles. The molecule has 2 aromatic rings. The highest BCUT2D eigenvalue weighted by Gasteiger charge is 2.11. The van der Waals surface area contributed by atoms with Gasteiger partial charge in [0.25, 0.3) is 10.1 Å². The molecule has 0 aromatic heterocycles. The van der Waals surface area contributed by atoms with Crippen molar-refractivity contribution < 1.29 is 13.0 Å². The predicted octanol–water partition coefficient (Wildman–Crippen LogP) is 5.67. The minimum absolute atomic E-state index is 0.133. The largest absolute Gasteiger partial charge is 0.286 e. The summed E-state index contributed by atoms with van der Waals surface area (Å²) in [6.45, 7) is 0. The SMILES string of the molecule is O=S(=O)(O)CCCCC(CCSCc1ccccc1)SCc1ccccc1. The minimum Gasteiger partial charge on any atom is -0.286 e. The fourth-order valence-corrected chi connectivity index (χ4v) is 5.72. The highest BCUT2D eigenvalue weighted by molar-refractivity contribution is 7.99. The zero-order valence-corrected chi connectivity index (χ0v) is 17.9. The van der Waals surface area contributed by atoms with Crippen molar-refractivity contribution in [3.05, 3.63) is 71.8 Å². The zero-order valence-electron chi connectivity index (χ0n) is 15.5. The molecular weight excluding hydrogens is 396 g/mol. The molecule has 0 heterocycles. The van der Waals surface area contributed by atoms with Crippen LogP contribution in [0.5, 0.6) is 0 Å². The quantitative estimate of drug-likeness (QED) is 0.332. The molecule has 0 aliphatic carbocycles. The average molecular weight is 425 g/mol. The summed E-state index contributed by atoms with van der Waals surface area (Å²) in [4.78, 5) is 0. The van der Waals surface area contributed by atoms with Gasteiger partial charge in [0.15, 0.2) is 0 Å². The fraction of sp³-hybridized carbons (Fsp3) is 0.429. The maximum absolute atomic E-state index is 10.9. The highest BCUT2D eigenvalue weighted by atomic mass is 32.2. The molecule has 148 valence electrons. The second kappa shape index (κ2) is 12.5. The first kappa shape index (κ1) is 22.3. The molecule has 2 rings (SSSR count). The van der Waals surface area contributed by atoms with Crippen LogP contribution in [-0.4, -0.2) is 29.7 Å². The summed E-state index contributed by atoms with van der Waals surface area (Å²) >= 11 is 3.90. The summed E-state index contributed by atoms with van der Waals surface area (Å²) in [5.74, 6) is 2.97. The van der Waals surface area contributed by atoms with Crippen molar-refractivity contribution >= 4 is 33.6 Å². The molecule has 1 N–H and O–H groups in total. The van der Waals surface area contributed by atoms with Crippen LogP contribution in [0.25, 0.3) is 0 Å². The molecule has 0 aliphatic heterocycles. The Morgan fingerprint density at radius 3 is 2.00 bits per heavy atom. The van der Waals surface area contributed by atoms with E-state index in [1.54, 1.807) is 0 Å². The summed E-state index contributed by atoms with van der Waals surface area (Å²) in [5.41, 5.74) is 2.67. The van der Waals surface area contributed by atoms with Gasteiger partial charge in [0.2, 0.25) is 0 Å². The molecule has 1 atom stereocenters. The smallest absolute Gasteiger partial charge is 0.264 e. The molecule has 6 heteroatoms. The van der Waals surface area contributed by atoms with Crippen LogP contribution in [0.2, 0.25) is 0 Å². The molecule has 0 spiro atoms. The lowest BCUT2D eigenvalue weighted by molar-refractivity contribution is 0.479. The molecule has 27 heavy (non-hydrogen) atoms. The summed E-state index contributed by atoms with van der Waals surface area (Å²) in [5, 5.41) is 0.509. The van der Waals surface area contributed by atoms with Crippen LogP contribution in [0.15, 0.2) is 60.7 Å². The Labute approximate surface area is 172 Å². The van der Waals surface area contributed by atoms with E-state index in [1.165, 1.54) is 11.1 Å². The highest BCUT2D eigenvalue weighted by Crippen LogP contribution is 2.27. The third-order valence-electron chi connectivity index (χ3n) is 4.20. The van der Waals surface area contributed by atoms with Crippen molar-refractivity contribution in [1.29, 1.82) is 0 Å². The van der Waals surface area contributed by atoms with Gasteiger partial charge in [0.05, 0.1) is 5.75 Å². The number of hydrogen-bond acceptors (Lipinski definition) is 4. The van der Waals surface area contributed by atoms with Crippen LogP contribution in [0.1, 0.15) is 36.8 Å². The van der Waals surface area contributed by atoms with E-state index >= 15 is 0 Å². The predicted molar refractivity (Wildman–Crippen MR) is 119 cm³/mol. The first-order valence-corrected chi connectivity index (χ1v) is 13.1. The molecular formula is C21H28O3S3. The van der Waals surface area contributed by atoms with Crippen LogP contribution >= 0.6 is 23.5 Å². The fourth-order valence-electron chi connectivity index (χ4n) is 2.73. The minimum atomic E-state index is -3.84. The van der Waals surface area contributed by atoms with Gasteiger partial charge in [-0.1, -0.05) is 67.1 Å². The Morgan fingerprint density at radius 1 is 0.815 bits per heavy atom. The van der Waals surface area contributed by atoms with Gasteiger partial charge in [-0.3, -0.25) is 4.55 Å². The van der Waals surface area contributed by atoms with Gasteiger partial charge in [-0.25, -0.2) is 0 Å². The molecule has 3 nitrogen and oxygen atoms in total. The number of benzene rings is 2. The normalized spacial score (nSPS) is 12.8.